The number of anilines is 2. The molecular formula is C23H20FN5. The lowest BCUT2D eigenvalue weighted by molar-refractivity contribution is 0.628. The average Bonchev–Trinajstić information content (AvgIpc) is 2.78. The van der Waals surface area contributed by atoms with Crippen molar-refractivity contribution in [3.63, 3.8) is 0 Å². The molecule has 0 bridgehead atoms. The van der Waals surface area contributed by atoms with Gasteiger partial charge in [-0.15, -0.1) is 0 Å². The van der Waals surface area contributed by atoms with E-state index in [0.29, 0.717) is 30.8 Å². The van der Waals surface area contributed by atoms with Crippen LogP contribution in [0.2, 0.25) is 0 Å². The van der Waals surface area contributed by atoms with E-state index < -0.39 is 0 Å². The predicted octanol–water partition coefficient (Wildman–Crippen LogP) is 4.90. The molecule has 144 valence electrons. The number of benzene rings is 3. The molecule has 0 radical (unpaired) electrons. The van der Waals surface area contributed by atoms with E-state index in [2.05, 4.69) is 25.6 Å². The summed E-state index contributed by atoms with van der Waals surface area (Å²) in [5.74, 6) is 1.09. The number of aromatic nitrogens is 3. The van der Waals surface area contributed by atoms with Gasteiger partial charge in [0, 0.05) is 18.7 Å². The van der Waals surface area contributed by atoms with Gasteiger partial charge in [0.2, 0.25) is 11.9 Å². The Kier molecular flexibility index (Phi) is 5.71. The molecule has 0 saturated carbocycles. The molecule has 0 saturated heterocycles. The monoisotopic (exact) mass is 385 g/mol. The first-order chi connectivity index (χ1) is 14.3. The smallest absolute Gasteiger partial charge is 0.228 e. The van der Waals surface area contributed by atoms with E-state index in [9.17, 15) is 4.39 Å². The number of nitrogens with one attached hydrogen (secondary N) is 2. The molecule has 0 aliphatic rings. The highest BCUT2D eigenvalue weighted by molar-refractivity contribution is 5.58. The van der Waals surface area contributed by atoms with Gasteiger partial charge in [-0.1, -0.05) is 60.7 Å². The maximum absolute atomic E-state index is 13.3. The molecule has 29 heavy (non-hydrogen) atoms. The van der Waals surface area contributed by atoms with Gasteiger partial charge in [-0.25, -0.2) is 4.39 Å². The van der Waals surface area contributed by atoms with E-state index in [1.165, 1.54) is 12.1 Å². The van der Waals surface area contributed by atoms with Gasteiger partial charge in [0.15, 0.2) is 5.82 Å². The van der Waals surface area contributed by atoms with Crippen LogP contribution in [0.3, 0.4) is 0 Å². The van der Waals surface area contributed by atoms with Crippen LogP contribution < -0.4 is 10.6 Å². The molecule has 6 heteroatoms. The molecule has 5 nitrogen and oxygen atoms in total. The normalized spacial score (nSPS) is 10.5. The molecule has 4 rings (SSSR count). The molecule has 0 aliphatic carbocycles. The molecule has 0 spiro atoms. The van der Waals surface area contributed by atoms with Crippen LogP contribution in [0.4, 0.5) is 16.3 Å². The van der Waals surface area contributed by atoms with Gasteiger partial charge in [0.25, 0.3) is 0 Å². The van der Waals surface area contributed by atoms with Crippen molar-refractivity contribution in [2.75, 3.05) is 10.6 Å². The van der Waals surface area contributed by atoms with Crippen LogP contribution >= 0.6 is 0 Å². The van der Waals surface area contributed by atoms with Crippen molar-refractivity contribution < 1.29 is 4.39 Å². The summed E-state index contributed by atoms with van der Waals surface area (Å²) in [6, 6.07) is 26.1. The minimum Gasteiger partial charge on any atom is -0.350 e. The molecule has 4 aromatic rings. The number of hydrogen-bond donors (Lipinski definition) is 2. The fourth-order valence-corrected chi connectivity index (χ4v) is 2.82. The third-order valence-electron chi connectivity index (χ3n) is 4.32. The first kappa shape index (κ1) is 18.6. The molecule has 0 atom stereocenters. The summed E-state index contributed by atoms with van der Waals surface area (Å²) < 4.78 is 13.3. The second-order valence-electron chi connectivity index (χ2n) is 6.49. The summed E-state index contributed by atoms with van der Waals surface area (Å²) in [7, 11) is 0. The fourth-order valence-electron chi connectivity index (χ4n) is 2.82. The van der Waals surface area contributed by atoms with Crippen molar-refractivity contribution in [2.24, 2.45) is 0 Å². The maximum Gasteiger partial charge on any atom is 0.228 e. The zero-order valence-corrected chi connectivity index (χ0v) is 15.7. The lowest BCUT2D eigenvalue weighted by atomic mass is 10.2. The Morgan fingerprint density at radius 1 is 0.586 bits per heavy atom. The van der Waals surface area contributed by atoms with Crippen LogP contribution in [-0.4, -0.2) is 15.0 Å². The SMILES string of the molecule is Fc1ccc(-c2nc(NCc3ccccc3)nc(NCc3ccccc3)n2)cc1. The topological polar surface area (TPSA) is 62.7 Å². The zero-order valence-electron chi connectivity index (χ0n) is 15.7. The van der Waals surface area contributed by atoms with Gasteiger partial charge in [0.1, 0.15) is 5.82 Å². The van der Waals surface area contributed by atoms with Crippen LogP contribution in [0.15, 0.2) is 84.9 Å². The van der Waals surface area contributed by atoms with Crippen molar-refractivity contribution in [3.05, 3.63) is 102 Å². The molecule has 0 unspecified atom stereocenters. The Morgan fingerprint density at radius 2 is 1.07 bits per heavy atom. The second kappa shape index (κ2) is 8.93. The minimum atomic E-state index is -0.298. The molecular weight excluding hydrogens is 365 g/mol. The van der Waals surface area contributed by atoms with Gasteiger partial charge < -0.3 is 10.6 Å². The van der Waals surface area contributed by atoms with Crippen LogP contribution in [-0.2, 0) is 13.1 Å². The van der Waals surface area contributed by atoms with Crippen molar-refractivity contribution in [1.29, 1.82) is 0 Å². The van der Waals surface area contributed by atoms with E-state index in [1.54, 1.807) is 12.1 Å². The van der Waals surface area contributed by atoms with E-state index >= 15 is 0 Å². The highest BCUT2D eigenvalue weighted by atomic mass is 19.1. The first-order valence-corrected chi connectivity index (χ1v) is 9.34. The molecule has 0 fully saturated rings. The molecule has 3 aromatic carbocycles. The molecule has 0 amide bonds. The summed E-state index contributed by atoms with van der Waals surface area (Å²) >= 11 is 0. The Morgan fingerprint density at radius 3 is 1.55 bits per heavy atom. The Labute approximate surface area is 168 Å². The predicted molar refractivity (Wildman–Crippen MR) is 113 cm³/mol. The van der Waals surface area contributed by atoms with Gasteiger partial charge in [-0.3, -0.25) is 0 Å². The summed E-state index contributed by atoms with van der Waals surface area (Å²) in [6.07, 6.45) is 0. The highest BCUT2D eigenvalue weighted by Gasteiger charge is 2.09. The summed E-state index contributed by atoms with van der Waals surface area (Å²) in [4.78, 5) is 13.5. The van der Waals surface area contributed by atoms with Crippen LogP contribution in [0.1, 0.15) is 11.1 Å². The van der Waals surface area contributed by atoms with Crippen molar-refractivity contribution in [3.8, 4) is 11.4 Å². The number of nitrogens with zero attached hydrogens (tertiary/aromatic N) is 3. The third kappa shape index (κ3) is 5.13. The fraction of sp³-hybridized carbons (Fsp3) is 0.0870. The summed E-state index contributed by atoms with van der Waals surface area (Å²) in [5, 5.41) is 6.49. The zero-order chi connectivity index (χ0) is 19.9. The quantitative estimate of drug-likeness (QED) is 0.474. The standard InChI is InChI=1S/C23H20FN5/c24-20-13-11-19(12-14-20)21-27-22(25-15-17-7-3-1-4-8-17)29-23(28-21)26-16-18-9-5-2-6-10-18/h1-14H,15-16H2,(H2,25,26,27,28,29). The number of halogens is 1. The van der Waals surface area contributed by atoms with E-state index in [1.807, 2.05) is 60.7 Å². The van der Waals surface area contributed by atoms with Crippen LogP contribution in [0, 0.1) is 5.82 Å². The van der Waals surface area contributed by atoms with Crippen molar-refractivity contribution >= 4 is 11.9 Å². The molecule has 1 heterocycles. The van der Waals surface area contributed by atoms with E-state index in [-0.39, 0.29) is 5.82 Å². The molecule has 1 aromatic heterocycles. The molecule has 0 aliphatic heterocycles. The van der Waals surface area contributed by atoms with Crippen molar-refractivity contribution in [2.45, 2.75) is 13.1 Å². The Hall–Kier alpha value is -3.80. The lowest BCUT2D eigenvalue weighted by Crippen LogP contribution is -2.10. The van der Waals surface area contributed by atoms with Gasteiger partial charge in [-0.05, 0) is 35.4 Å². The van der Waals surface area contributed by atoms with Crippen LogP contribution in [0.5, 0.6) is 0 Å². The van der Waals surface area contributed by atoms with Crippen molar-refractivity contribution in [1.82, 2.24) is 15.0 Å². The Balaban J connectivity index is 1.58. The summed E-state index contributed by atoms with van der Waals surface area (Å²) in [6.45, 7) is 1.18. The highest BCUT2D eigenvalue weighted by Crippen LogP contribution is 2.19. The van der Waals surface area contributed by atoms with Gasteiger partial charge in [-0.2, -0.15) is 15.0 Å². The number of hydrogen-bond acceptors (Lipinski definition) is 5. The number of rotatable bonds is 7. The summed E-state index contributed by atoms with van der Waals surface area (Å²) in [5.41, 5.74) is 2.96. The van der Waals surface area contributed by atoms with E-state index in [0.717, 1.165) is 16.7 Å². The van der Waals surface area contributed by atoms with Gasteiger partial charge >= 0.3 is 0 Å². The lowest BCUT2D eigenvalue weighted by Gasteiger charge is -2.11. The molecule has 2 N–H and O–H groups in total. The van der Waals surface area contributed by atoms with Crippen LogP contribution in [0.25, 0.3) is 11.4 Å². The van der Waals surface area contributed by atoms with E-state index in [4.69, 9.17) is 0 Å². The third-order valence-corrected chi connectivity index (χ3v) is 4.32. The second-order valence-corrected chi connectivity index (χ2v) is 6.49. The average molecular weight is 385 g/mol. The maximum atomic E-state index is 13.3. The Bertz CT molecular complexity index is 992. The first-order valence-electron chi connectivity index (χ1n) is 9.34. The minimum absolute atomic E-state index is 0.298. The largest absolute Gasteiger partial charge is 0.350 e. The van der Waals surface area contributed by atoms with Gasteiger partial charge in [0.05, 0.1) is 0 Å².